The number of sulfone groups is 1. The van der Waals surface area contributed by atoms with Crippen molar-refractivity contribution in [1.82, 2.24) is 4.98 Å². The van der Waals surface area contributed by atoms with Crippen molar-refractivity contribution in [1.29, 1.82) is 0 Å². The summed E-state index contributed by atoms with van der Waals surface area (Å²) in [5.74, 6) is -0.345. The summed E-state index contributed by atoms with van der Waals surface area (Å²) < 4.78 is 23.7. The van der Waals surface area contributed by atoms with Gasteiger partial charge in [0.25, 0.3) is 0 Å². The maximum Gasteiger partial charge on any atom is 0.190 e. The molecule has 0 amide bonds. The monoisotopic (exact) mass is 320 g/mol. The van der Waals surface area contributed by atoms with Crippen molar-refractivity contribution in [3.05, 3.63) is 40.4 Å². The van der Waals surface area contributed by atoms with E-state index in [-0.39, 0.29) is 11.5 Å². The van der Waals surface area contributed by atoms with Gasteiger partial charge in [0.15, 0.2) is 15.5 Å². The van der Waals surface area contributed by atoms with E-state index in [1.807, 2.05) is 19.9 Å². The highest BCUT2D eigenvalue weighted by atomic mass is 32.2. The Bertz CT molecular complexity index is 871. The Morgan fingerprint density at radius 2 is 2.00 bits per heavy atom. The fourth-order valence-corrected chi connectivity index (χ4v) is 3.94. The van der Waals surface area contributed by atoms with Gasteiger partial charge in [-0.25, -0.2) is 13.3 Å². The lowest BCUT2D eigenvalue weighted by Crippen LogP contribution is -2.33. The molecule has 0 aliphatic rings. The van der Waals surface area contributed by atoms with E-state index >= 15 is 0 Å². The molecule has 0 fully saturated rings. The van der Waals surface area contributed by atoms with Crippen LogP contribution in [-0.2, 0) is 15.4 Å². The topological polar surface area (TPSA) is 74.5 Å². The molecular formula is C16H20N2O3S. The highest BCUT2D eigenvalue weighted by Gasteiger charge is 2.33. The van der Waals surface area contributed by atoms with Gasteiger partial charge in [0.05, 0.1) is 18.0 Å². The van der Waals surface area contributed by atoms with E-state index in [0.29, 0.717) is 11.4 Å². The highest BCUT2D eigenvalue weighted by Crippen LogP contribution is 2.34. The molecule has 0 spiro atoms. The van der Waals surface area contributed by atoms with Gasteiger partial charge < -0.3 is 10.1 Å². The van der Waals surface area contributed by atoms with Crippen molar-refractivity contribution >= 4 is 26.4 Å². The van der Waals surface area contributed by atoms with Gasteiger partial charge in [0, 0.05) is 11.3 Å². The summed E-state index contributed by atoms with van der Waals surface area (Å²) in [4.78, 5) is 6.61. The van der Waals surface area contributed by atoms with Crippen LogP contribution in [0.3, 0.4) is 0 Å². The molecule has 5 nitrogen and oxygen atoms in total. The zero-order chi connectivity index (χ0) is 16.7. The number of nitrogens with one attached hydrogen (secondary N) is 1. The van der Waals surface area contributed by atoms with Gasteiger partial charge in [-0.05, 0) is 49.4 Å². The largest absolute Gasteiger partial charge is 0.383 e. The van der Waals surface area contributed by atoms with Crippen molar-refractivity contribution in [2.45, 2.75) is 33.3 Å². The van der Waals surface area contributed by atoms with Gasteiger partial charge in [-0.3, -0.25) is 0 Å². The highest BCUT2D eigenvalue weighted by molar-refractivity contribution is 7.91. The number of aliphatic hydroxyl groups is 1. The van der Waals surface area contributed by atoms with Gasteiger partial charge >= 0.3 is 0 Å². The standard InChI is InChI=1S/C16H20N2O3S/c1-6-22(20,21)9-16(4,19)15-11(3)12-8-13(17-5)10(2)7-14(12)18-15/h7-8,18-19H,6,9H2,1-4H3. The Balaban J connectivity index is 2.62. The molecule has 1 atom stereocenters. The lowest BCUT2D eigenvalue weighted by molar-refractivity contribution is 0.0774. The molecule has 1 unspecified atom stereocenters. The number of aryl methyl sites for hydroxylation is 2. The van der Waals surface area contributed by atoms with E-state index < -0.39 is 15.4 Å². The van der Waals surface area contributed by atoms with Crippen LogP contribution in [0, 0.1) is 20.4 Å². The molecule has 2 rings (SSSR count). The van der Waals surface area contributed by atoms with Crippen molar-refractivity contribution < 1.29 is 13.5 Å². The third-order valence-electron chi connectivity index (χ3n) is 3.97. The number of benzene rings is 1. The summed E-state index contributed by atoms with van der Waals surface area (Å²) in [6, 6.07) is 3.63. The van der Waals surface area contributed by atoms with E-state index in [1.165, 1.54) is 6.92 Å². The normalized spacial score (nSPS) is 14.7. The van der Waals surface area contributed by atoms with E-state index in [2.05, 4.69) is 9.83 Å². The summed E-state index contributed by atoms with van der Waals surface area (Å²) in [5.41, 5.74) is 1.96. The number of hydrogen-bond acceptors (Lipinski definition) is 3. The lowest BCUT2D eigenvalue weighted by atomic mass is 10.00. The van der Waals surface area contributed by atoms with Crippen LogP contribution in [0.4, 0.5) is 5.69 Å². The average molecular weight is 320 g/mol. The van der Waals surface area contributed by atoms with Crippen LogP contribution < -0.4 is 0 Å². The fraction of sp³-hybridized carbons (Fsp3) is 0.438. The van der Waals surface area contributed by atoms with E-state index in [4.69, 9.17) is 6.57 Å². The SMILES string of the molecule is [C-]#[N+]c1cc2c(C)c(C(C)(O)CS(=O)(=O)CC)[nH]c2cc1C. The Morgan fingerprint density at radius 1 is 1.36 bits per heavy atom. The Labute approximate surface area is 130 Å². The second-order valence-corrected chi connectivity index (χ2v) is 8.22. The average Bonchev–Trinajstić information content (AvgIpc) is 2.74. The van der Waals surface area contributed by atoms with Crippen LogP contribution >= 0.6 is 0 Å². The predicted molar refractivity (Wildman–Crippen MR) is 87.9 cm³/mol. The summed E-state index contributed by atoms with van der Waals surface area (Å²) in [6.07, 6.45) is 0. The molecule has 1 aromatic heterocycles. The third-order valence-corrected chi connectivity index (χ3v) is 5.86. The molecule has 1 aromatic carbocycles. The number of H-pyrrole nitrogens is 1. The molecule has 0 aliphatic carbocycles. The van der Waals surface area contributed by atoms with E-state index in [0.717, 1.165) is 22.0 Å². The molecule has 0 saturated carbocycles. The first-order valence-electron chi connectivity index (χ1n) is 7.05. The molecule has 1 heterocycles. The van der Waals surface area contributed by atoms with E-state index in [9.17, 15) is 13.5 Å². The number of aromatic amines is 1. The summed E-state index contributed by atoms with van der Waals surface area (Å²) in [6.45, 7) is 13.9. The Morgan fingerprint density at radius 3 is 2.55 bits per heavy atom. The maximum atomic E-state index is 11.9. The molecule has 22 heavy (non-hydrogen) atoms. The molecule has 0 radical (unpaired) electrons. The number of rotatable bonds is 4. The van der Waals surface area contributed by atoms with Crippen molar-refractivity contribution in [2.75, 3.05) is 11.5 Å². The van der Waals surface area contributed by atoms with Crippen LogP contribution in [0.1, 0.15) is 30.7 Å². The van der Waals surface area contributed by atoms with E-state index in [1.54, 1.807) is 13.0 Å². The fourth-order valence-electron chi connectivity index (χ4n) is 2.73. The molecule has 0 bridgehead atoms. The van der Waals surface area contributed by atoms with Gasteiger partial charge in [-0.1, -0.05) is 6.92 Å². The third kappa shape index (κ3) is 2.87. The van der Waals surface area contributed by atoms with Crippen LogP contribution in [0.25, 0.3) is 15.7 Å². The van der Waals surface area contributed by atoms with Crippen molar-refractivity contribution in [3.63, 3.8) is 0 Å². The second-order valence-electron chi connectivity index (χ2n) is 5.87. The number of aromatic nitrogens is 1. The predicted octanol–water partition coefficient (Wildman–Crippen LogP) is 2.98. The first-order valence-corrected chi connectivity index (χ1v) is 8.87. The number of fused-ring (bicyclic) bond motifs is 1. The van der Waals surface area contributed by atoms with Gasteiger partial charge in [0.1, 0.15) is 5.60 Å². The Hall–Kier alpha value is -1.84. The van der Waals surface area contributed by atoms with Crippen molar-refractivity contribution in [2.24, 2.45) is 0 Å². The van der Waals surface area contributed by atoms with Crippen LogP contribution in [0.5, 0.6) is 0 Å². The number of nitrogens with zero attached hydrogens (tertiary/aromatic N) is 1. The summed E-state index contributed by atoms with van der Waals surface area (Å²) in [7, 11) is -3.32. The zero-order valence-electron chi connectivity index (χ0n) is 13.2. The molecular weight excluding hydrogens is 300 g/mol. The summed E-state index contributed by atoms with van der Waals surface area (Å²) in [5, 5.41) is 11.5. The Kier molecular flexibility index (Phi) is 4.07. The zero-order valence-corrected chi connectivity index (χ0v) is 14.0. The molecule has 0 aliphatic heterocycles. The van der Waals surface area contributed by atoms with Crippen molar-refractivity contribution in [3.8, 4) is 0 Å². The minimum absolute atomic E-state index is 0.0105. The quantitative estimate of drug-likeness (QED) is 0.851. The minimum Gasteiger partial charge on any atom is -0.383 e. The van der Waals surface area contributed by atoms with Crippen LogP contribution in [-0.4, -0.2) is 30.0 Å². The number of hydrogen-bond donors (Lipinski definition) is 2. The molecule has 118 valence electrons. The first kappa shape index (κ1) is 16.5. The second kappa shape index (κ2) is 5.41. The van der Waals surface area contributed by atoms with Gasteiger partial charge in [-0.2, -0.15) is 0 Å². The lowest BCUT2D eigenvalue weighted by Gasteiger charge is -2.22. The smallest absolute Gasteiger partial charge is 0.190 e. The first-order chi connectivity index (χ1) is 10.1. The maximum absolute atomic E-state index is 11.9. The molecule has 2 aromatic rings. The summed E-state index contributed by atoms with van der Waals surface area (Å²) >= 11 is 0. The molecule has 6 heteroatoms. The van der Waals surface area contributed by atoms with Gasteiger partial charge in [0.2, 0.25) is 0 Å². The van der Waals surface area contributed by atoms with Crippen LogP contribution in [0.15, 0.2) is 12.1 Å². The molecule has 2 N–H and O–H groups in total. The van der Waals surface area contributed by atoms with Gasteiger partial charge in [-0.15, -0.1) is 0 Å². The minimum atomic E-state index is -3.32. The van der Waals surface area contributed by atoms with Crippen LogP contribution in [0.2, 0.25) is 0 Å². The molecule has 0 saturated heterocycles.